The van der Waals surface area contributed by atoms with E-state index in [0.717, 1.165) is 11.3 Å². The first-order chi connectivity index (χ1) is 15.1. The van der Waals surface area contributed by atoms with Crippen molar-refractivity contribution in [2.75, 3.05) is 5.32 Å². The van der Waals surface area contributed by atoms with Crippen LogP contribution in [0.15, 0.2) is 53.4 Å². The van der Waals surface area contributed by atoms with Gasteiger partial charge in [0, 0.05) is 17.6 Å². The Morgan fingerprint density at radius 2 is 1.81 bits per heavy atom. The number of nitrogens with zero attached hydrogens (tertiary/aromatic N) is 4. The van der Waals surface area contributed by atoms with Crippen LogP contribution >= 0.6 is 0 Å². The summed E-state index contributed by atoms with van der Waals surface area (Å²) in [5.74, 6) is 1.13. The number of hydrogen-bond donors (Lipinski definition) is 4. The van der Waals surface area contributed by atoms with Crippen LogP contribution in [0.5, 0.6) is 0 Å². The molecule has 4 aromatic rings. The van der Waals surface area contributed by atoms with E-state index in [0.29, 0.717) is 40.6 Å². The van der Waals surface area contributed by atoms with Crippen LogP contribution in [-0.4, -0.2) is 45.1 Å². The third-order valence-electron chi connectivity index (χ3n) is 4.93. The first-order valence-corrected chi connectivity index (χ1v) is 11.2. The van der Waals surface area contributed by atoms with Gasteiger partial charge in [0.25, 0.3) is 0 Å². The van der Waals surface area contributed by atoms with Gasteiger partial charge in [0.15, 0.2) is 0 Å². The Labute approximate surface area is 185 Å². The molecule has 0 saturated carbocycles. The molecule has 0 radical (unpaired) electrons. The molecule has 0 spiro atoms. The lowest BCUT2D eigenvalue weighted by Gasteiger charge is -2.11. The Balaban J connectivity index is 1.71. The molecule has 2 aromatic heterocycles. The Morgan fingerprint density at radius 1 is 1.06 bits per heavy atom. The van der Waals surface area contributed by atoms with Gasteiger partial charge in [-0.25, -0.2) is 13.6 Å². The second kappa shape index (κ2) is 8.32. The molecule has 0 aliphatic rings. The van der Waals surface area contributed by atoms with Crippen molar-refractivity contribution in [1.82, 2.24) is 19.5 Å². The Bertz CT molecular complexity index is 1420. The molecule has 0 atom stereocenters. The van der Waals surface area contributed by atoms with Crippen LogP contribution < -0.4 is 15.9 Å². The van der Waals surface area contributed by atoms with E-state index in [1.807, 2.05) is 13.0 Å². The predicted molar refractivity (Wildman–Crippen MR) is 121 cm³/mol. The van der Waals surface area contributed by atoms with Gasteiger partial charge in [-0.2, -0.15) is 15.0 Å². The summed E-state index contributed by atoms with van der Waals surface area (Å²) >= 11 is 0. The summed E-state index contributed by atoms with van der Waals surface area (Å²) in [4.78, 5) is 13.3. The monoisotopic (exact) mass is 452 g/mol. The third kappa shape index (κ3) is 4.34. The molecule has 164 valence electrons. The molecular weight excluding hydrogens is 431 g/mol. The zero-order valence-electron chi connectivity index (χ0n) is 17.4. The SMILES string of the molecule is Cc1nc(NCc2cccc(B(O)O)c2)nc(-n2c(C)cc3c(S(N)(=O)=O)cccc32)n1. The minimum atomic E-state index is -3.89. The van der Waals surface area contributed by atoms with Crippen molar-refractivity contribution in [3.05, 3.63) is 65.6 Å². The average Bonchev–Trinajstić information content (AvgIpc) is 3.07. The van der Waals surface area contributed by atoms with E-state index in [1.54, 1.807) is 47.9 Å². The number of rotatable bonds is 6. The predicted octanol–water partition coefficient (Wildman–Crippen LogP) is 0.372. The number of aromatic nitrogens is 4. The van der Waals surface area contributed by atoms with Crippen molar-refractivity contribution >= 4 is 39.5 Å². The largest absolute Gasteiger partial charge is 0.488 e. The number of aryl methyl sites for hydroxylation is 2. The van der Waals surface area contributed by atoms with Crippen molar-refractivity contribution in [2.24, 2.45) is 5.14 Å². The van der Waals surface area contributed by atoms with E-state index in [-0.39, 0.29) is 4.90 Å². The van der Waals surface area contributed by atoms with Gasteiger partial charge in [0.05, 0.1) is 10.4 Å². The number of primary sulfonamides is 1. The Morgan fingerprint density at radius 3 is 2.53 bits per heavy atom. The van der Waals surface area contributed by atoms with Gasteiger partial charge in [-0.1, -0.05) is 30.3 Å². The molecule has 4 rings (SSSR count). The molecule has 0 aliphatic heterocycles. The lowest BCUT2D eigenvalue weighted by atomic mass is 9.80. The van der Waals surface area contributed by atoms with E-state index < -0.39 is 17.1 Å². The minimum absolute atomic E-state index is 0.0342. The molecule has 10 nitrogen and oxygen atoms in total. The topological polar surface area (TPSA) is 156 Å². The number of nitrogens with one attached hydrogen (secondary N) is 1. The van der Waals surface area contributed by atoms with Crippen molar-refractivity contribution in [3.8, 4) is 5.95 Å². The molecule has 0 amide bonds. The van der Waals surface area contributed by atoms with E-state index in [2.05, 4.69) is 20.3 Å². The van der Waals surface area contributed by atoms with Crippen LogP contribution in [0.2, 0.25) is 0 Å². The zero-order valence-corrected chi connectivity index (χ0v) is 18.2. The molecule has 0 fully saturated rings. The van der Waals surface area contributed by atoms with Gasteiger partial charge in [-0.05, 0) is 43.1 Å². The molecule has 0 bridgehead atoms. The van der Waals surface area contributed by atoms with Crippen LogP contribution in [0, 0.1) is 13.8 Å². The maximum absolute atomic E-state index is 12.0. The number of hydrogen-bond acceptors (Lipinski definition) is 8. The third-order valence-corrected chi connectivity index (χ3v) is 5.90. The molecule has 5 N–H and O–H groups in total. The van der Waals surface area contributed by atoms with Crippen molar-refractivity contribution < 1.29 is 18.5 Å². The van der Waals surface area contributed by atoms with Crippen LogP contribution in [0.3, 0.4) is 0 Å². The minimum Gasteiger partial charge on any atom is -0.423 e. The van der Waals surface area contributed by atoms with Gasteiger partial charge in [-0.3, -0.25) is 4.57 Å². The summed E-state index contributed by atoms with van der Waals surface area (Å²) in [6, 6.07) is 13.4. The van der Waals surface area contributed by atoms with Gasteiger partial charge >= 0.3 is 7.12 Å². The summed E-state index contributed by atoms with van der Waals surface area (Å²) in [6.45, 7) is 3.91. The van der Waals surface area contributed by atoms with Gasteiger partial charge in [-0.15, -0.1) is 0 Å². The molecule has 32 heavy (non-hydrogen) atoms. The summed E-state index contributed by atoms with van der Waals surface area (Å²) in [5, 5.41) is 27.7. The van der Waals surface area contributed by atoms with E-state index in [1.165, 1.54) is 6.07 Å². The molecule has 2 heterocycles. The first-order valence-electron chi connectivity index (χ1n) is 9.69. The summed E-state index contributed by atoms with van der Waals surface area (Å²) < 4.78 is 25.7. The van der Waals surface area contributed by atoms with Crippen LogP contribution in [-0.2, 0) is 16.6 Å². The number of fused-ring (bicyclic) bond motifs is 1. The van der Waals surface area contributed by atoms with Crippen LogP contribution in [0.4, 0.5) is 5.95 Å². The normalized spacial score (nSPS) is 11.7. The second-order valence-corrected chi connectivity index (χ2v) is 8.86. The maximum Gasteiger partial charge on any atom is 0.488 e. The average molecular weight is 452 g/mol. The lowest BCUT2D eigenvalue weighted by molar-refractivity contribution is 0.425. The molecule has 0 saturated heterocycles. The Hall–Kier alpha value is -3.32. The fourth-order valence-electron chi connectivity index (χ4n) is 3.54. The highest BCUT2D eigenvalue weighted by Crippen LogP contribution is 2.28. The summed E-state index contributed by atoms with van der Waals surface area (Å²) in [6.07, 6.45) is 0. The number of benzene rings is 2. The van der Waals surface area contributed by atoms with Crippen molar-refractivity contribution in [1.29, 1.82) is 0 Å². The highest BCUT2D eigenvalue weighted by atomic mass is 32.2. The first kappa shape index (κ1) is 21.9. The fraction of sp³-hybridized carbons (Fsp3) is 0.150. The Kier molecular flexibility index (Phi) is 5.69. The van der Waals surface area contributed by atoms with Crippen LogP contribution in [0.1, 0.15) is 17.1 Å². The van der Waals surface area contributed by atoms with Crippen molar-refractivity contribution in [3.63, 3.8) is 0 Å². The summed E-state index contributed by atoms with van der Waals surface area (Å²) in [7, 11) is -5.44. The molecular formula is C20H21BN6O4S. The fourth-order valence-corrected chi connectivity index (χ4v) is 4.28. The molecule has 2 aromatic carbocycles. The standard InChI is InChI=1S/C20H21BN6O4S/c1-12-9-16-17(7-4-8-18(16)32(22,30)31)27(12)20-25-13(2)24-19(26-20)23-11-14-5-3-6-15(10-14)21(28)29/h3-10,28-29H,11H2,1-2H3,(H2,22,30,31)(H,23,24,25,26). The van der Waals surface area contributed by atoms with Crippen molar-refractivity contribution in [2.45, 2.75) is 25.3 Å². The van der Waals surface area contributed by atoms with Gasteiger partial charge in [0.2, 0.25) is 21.9 Å². The maximum atomic E-state index is 12.0. The number of sulfonamides is 1. The van der Waals surface area contributed by atoms with E-state index in [9.17, 15) is 18.5 Å². The number of anilines is 1. The zero-order chi connectivity index (χ0) is 23.0. The highest BCUT2D eigenvalue weighted by Gasteiger charge is 2.19. The van der Waals surface area contributed by atoms with E-state index in [4.69, 9.17) is 5.14 Å². The molecule has 12 heteroatoms. The summed E-state index contributed by atoms with van der Waals surface area (Å²) in [5.41, 5.74) is 2.54. The quantitative estimate of drug-likeness (QED) is 0.306. The smallest absolute Gasteiger partial charge is 0.423 e. The lowest BCUT2D eigenvalue weighted by Crippen LogP contribution is -2.30. The van der Waals surface area contributed by atoms with E-state index >= 15 is 0 Å². The molecule has 0 aliphatic carbocycles. The van der Waals surface area contributed by atoms with Gasteiger partial charge in [0.1, 0.15) is 5.82 Å². The molecule has 0 unspecified atom stereocenters. The highest BCUT2D eigenvalue weighted by molar-refractivity contribution is 7.89. The number of nitrogens with two attached hydrogens (primary N) is 1. The van der Waals surface area contributed by atoms with Crippen LogP contribution in [0.25, 0.3) is 16.9 Å². The van der Waals surface area contributed by atoms with Gasteiger partial charge < -0.3 is 15.4 Å². The second-order valence-electron chi connectivity index (χ2n) is 7.33.